The van der Waals surface area contributed by atoms with E-state index in [9.17, 15) is 10.1 Å². The second-order valence-corrected chi connectivity index (χ2v) is 4.88. The van der Waals surface area contributed by atoms with Crippen LogP contribution in [0.1, 0.15) is 15.9 Å². The maximum absolute atomic E-state index is 12.3. The van der Waals surface area contributed by atoms with E-state index in [0.717, 1.165) is 5.72 Å². The number of aromatic nitrogens is 2. The van der Waals surface area contributed by atoms with E-state index in [1.54, 1.807) is 24.3 Å². The molecular weight excluding hydrogens is 263 g/mol. The predicted molar refractivity (Wildman–Crippen MR) is 77.9 cm³/mol. The molecule has 2 aromatic rings. The minimum absolute atomic E-state index is 0.104. The Labute approximate surface area is 123 Å². The molecule has 0 atom stereocenters. The van der Waals surface area contributed by atoms with Crippen molar-refractivity contribution < 1.29 is 9.36 Å². The Hall–Kier alpha value is -2.86. The minimum atomic E-state index is -0.502. The van der Waals surface area contributed by atoms with Gasteiger partial charge in [0.05, 0.1) is 31.5 Å². The molecule has 21 heavy (non-hydrogen) atoms. The van der Waals surface area contributed by atoms with Gasteiger partial charge in [-0.05, 0) is 12.1 Å². The summed E-state index contributed by atoms with van der Waals surface area (Å²) in [5.74, 6) is 2.09. The van der Waals surface area contributed by atoms with Crippen molar-refractivity contribution in [1.29, 1.82) is 10.5 Å². The third-order valence-corrected chi connectivity index (χ3v) is 3.43. The third kappa shape index (κ3) is 3.01. The Morgan fingerprint density at radius 3 is 2.48 bits per heavy atom. The highest BCUT2D eigenvalue weighted by Crippen LogP contribution is 2.08. The Morgan fingerprint density at radius 2 is 2.00 bits per heavy atom. The van der Waals surface area contributed by atoms with Crippen molar-refractivity contribution in [3.05, 3.63) is 47.8 Å². The fourth-order valence-electron chi connectivity index (χ4n) is 2.32. The molecule has 1 radical (unpaired) electrons. The highest BCUT2D eigenvalue weighted by Gasteiger charge is 2.18. The number of benzene rings is 1. The number of rotatable bonds is 4. The molecule has 0 bridgehead atoms. The van der Waals surface area contributed by atoms with Crippen molar-refractivity contribution in [2.45, 2.75) is 6.32 Å². The number of carbonyl (C=O) groups is 1. The summed E-state index contributed by atoms with van der Waals surface area (Å²) in [5, 5.41) is 18.1. The average Bonchev–Trinajstić information content (AvgIpc) is 2.84. The van der Waals surface area contributed by atoms with Crippen molar-refractivity contribution in [2.24, 2.45) is 14.1 Å². The van der Waals surface area contributed by atoms with Gasteiger partial charge in [0.1, 0.15) is 24.9 Å². The Balaban J connectivity index is 2.21. The average molecular weight is 277 g/mol. The Kier molecular flexibility index (Phi) is 4.20. The molecule has 0 N–H and O–H groups in total. The quantitative estimate of drug-likeness (QED) is 0.460. The second kappa shape index (κ2) is 6.07. The van der Waals surface area contributed by atoms with Gasteiger partial charge in [0, 0.05) is 5.56 Å². The van der Waals surface area contributed by atoms with Gasteiger partial charge in [0.25, 0.3) is 0 Å². The van der Waals surface area contributed by atoms with Gasteiger partial charge in [-0.3, -0.25) is 19.2 Å². The first-order chi connectivity index (χ1) is 10.1. The SMILES string of the molecule is Cn1cc[n+](C)c1[B-](C#N)CC(=O)c1ccc(C#N)cc1. The van der Waals surface area contributed by atoms with Crippen LogP contribution in [0.5, 0.6) is 0 Å². The van der Waals surface area contributed by atoms with E-state index in [-0.39, 0.29) is 12.1 Å². The summed E-state index contributed by atoms with van der Waals surface area (Å²) in [6, 6.07) is 8.48. The monoisotopic (exact) mass is 277 g/mol. The van der Waals surface area contributed by atoms with E-state index in [2.05, 4.69) is 5.97 Å². The number of nitriles is 2. The molecule has 0 aliphatic heterocycles. The lowest BCUT2D eigenvalue weighted by atomic mass is 9.46. The summed E-state index contributed by atoms with van der Waals surface area (Å²) >= 11 is 0. The van der Waals surface area contributed by atoms with Crippen LogP contribution in [0.3, 0.4) is 0 Å². The molecule has 2 rings (SSSR count). The molecule has 0 saturated heterocycles. The summed E-state index contributed by atoms with van der Waals surface area (Å²) in [6.45, 7) is -0.502. The number of aryl methyl sites for hydroxylation is 2. The zero-order chi connectivity index (χ0) is 15.4. The normalized spacial score (nSPS) is 10.1. The van der Waals surface area contributed by atoms with Crippen LogP contribution in [0.2, 0.25) is 6.32 Å². The number of hydrogen-bond donors (Lipinski definition) is 0. The van der Waals surface area contributed by atoms with Gasteiger partial charge in [-0.25, -0.2) is 0 Å². The molecule has 0 fully saturated rings. The van der Waals surface area contributed by atoms with Crippen molar-refractivity contribution in [2.75, 3.05) is 0 Å². The molecular formula is C15H14BN4O. The summed E-state index contributed by atoms with van der Waals surface area (Å²) < 4.78 is 3.69. The van der Waals surface area contributed by atoms with E-state index in [4.69, 9.17) is 5.26 Å². The highest BCUT2D eigenvalue weighted by molar-refractivity contribution is 6.80. The number of ketones is 1. The molecule has 1 aromatic heterocycles. The maximum Gasteiger partial charge on any atom is 0.129 e. The smallest absolute Gasteiger partial charge is 0.129 e. The summed E-state index contributed by atoms with van der Waals surface area (Å²) in [4.78, 5) is 12.3. The first-order valence-electron chi connectivity index (χ1n) is 6.50. The second-order valence-electron chi connectivity index (χ2n) is 4.88. The van der Waals surface area contributed by atoms with Crippen molar-refractivity contribution in [3.63, 3.8) is 0 Å². The summed E-state index contributed by atoms with van der Waals surface area (Å²) in [5.41, 5.74) is 1.82. The van der Waals surface area contributed by atoms with Gasteiger partial charge in [-0.15, -0.1) is 6.32 Å². The van der Waals surface area contributed by atoms with Gasteiger partial charge >= 0.3 is 0 Å². The van der Waals surface area contributed by atoms with Gasteiger partial charge < -0.3 is 0 Å². The van der Waals surface area contributed by atoms with Gasteiger partial charge in [-0.2, -0.15) is 11.2 Å². The lowest BCUT2D eigenvalue weighted by Crippen LogP contribution is -2.55. The lowest BCUT2D eigenvalue weighted by molar-refractivity contribution is -0.653. The molecule has 103 valence electrons. The largest absolute Gasteiger partial charge is 0.298 e. The van der Waals surface area contributed by atoms with Gasteiger partial charge in [0.2, 0.25) is 0 Å². The standard InChI is InChI=1S/C15H14BN4O/c1-19-7-8-20(2)15(19)16(11-18)9-14(21)13-5-3-12(10-17)4-6-13/h3-8H,9H2,1-2H3. The number of carbonyl (C=O) groups excluding carboxylic acids is 1. The van der Waals surface area contributed by atoms with E-state index >= 15 is 0 Å². The topological polar surface area (TPSA) is 73.5 Å². The predicted octanol–water partition coefficient (Wildman–Crippen LogP) is 0.369. The number of imidazole rings is 1. The fraction of sp³-hybridized carbons (Fsp3) is 0.200. The van der Waals surface area contributed by atoms with Crippen molar-refractivity contribution >= 4 is 18.2 Å². The number of hydrogen-bond acceptors (Lipinski definition) is 3. The molecule has 1 aromatic carbocycles. The van der Waals surface area contributed by atoms with Crippen molar-refractivity contribution in [1.82, 2.24) is 4.57 Å². The van der Waals surface area contributed by atoms with Crippen molar-refractivity contribution in [3.8, 4) is 12.0 Å². The molecule has 0 aliphatic carbocycles. The first-order valence-corrected chi connectivity index (χ1v) is 6.50. The number of nitrogens with zero attached hydrogens (tertiary/aromatic N) is 4. The van der Waals surface area contributed by atoms with Crippen LogP contribution < -0.4 is 10.3 Å². The lowest BCUT2D eigenvalue weighted by Gasteiger charge is -2.15. The molecule has 0 aliphatic rings. The molecule has 5 nitrogen and oxygen atoms in total. The van der Waals surface area contributed by atoms with Gasteiger partial charge in [-0.1, -0.05) is 12.1 Å². The fourth-order valence-corrected chi connectivity index (χ4v) is 2.32. The zero-order valence-corrected chi connectivity index (χ0v) is 11.9. The maximum atomic E-state index is 12.3. The minimum Gasteiger partial charge on any atom is -0.298 e. The third-order valence-electron chi connectivity index (χ3n) is 3.43. The van der Waals surface area contributed by atoms with Crippen LogP contribution in [-0.2, 0) is 14.1 Å². The highest BCUT2D eigenvalue weighted by atomic mass is 16.1. The first kappa shape index (κ1) is 14.6. The Morgan fingerprint density at radius 1 is 1.33 bits per heavy atom. The molecule has 0 saturated carbocycles. The molecule has 0 unspecified atom stereocenters. The number of Topliss-reactive ketones (excluding diaryl/α,β-unsaturated/α-hetero) is 1. The zero-order valence-electron chi connectivity index (χ0n) is 11.9. The molecule has 0 amide bonds. The van der Waals surface area contributed by atoms with Crippen LogP contribution in [0, 0.1) is 22.6 Å². The van der Waals surface area contributed by atoms with Gasteiger partial charge in [0.15, 0.2) is 0 Å². The van der Waals surface area contributed by atoms with Crippen LogP contribution in [0.4, 0.5) is 0 Å². The van der Waals surface area contributed by atoms with Crippen LogP contribution >= 0.6 is 0 Å². The van der Waals surface area contributed by atoms with Crippen LogP contribution in [0.15, 0.2) is 36.7 Å². The van der Waals surface area contributed by atoms with E-state index in [1.165, 1.54) is 0 Å². The Bertz CT molecular complexity index is 730. The summed E-state index contributed by atoms with van der Waals surface area (Å²) in [7, 11) is 3.71. The molecule has 6 heteroatoms. The summed E-state index contributed by atoms with van der Waals surface area (Å²) in [6.07, 6.45) is 3.83. The van der Waals surface area contributed by atoms with E-state index in [1.807, 2.05) is 41.7 Å². The van der Waals surface area contributed by atoms with E-state index < -0.39 is 6.71 Å². The van der Waals surface area contributed by atoms with Crippen LogP contribution in [0.25, 0.3) is 0 Å². The van der Waals surface area contributed by atoms with Crippen LogP contribution in [-0.4, -0.2) is 17.1 Å². The molecule has 0 spiro atoms. The van der Waals surface area contributed by atoms with E-state index in [0.29, 0.717) is 11.1 Å². The molecule has 1 heterocycles.